The smallest absolute Gasteiger partial charge is 0.161 e. The van der Waals surface area contributed by atoms with Crippen molar-refractivity contribution in [2.24, 2.45) is 13.0 Å². The van der Waals surface area contributed by atoms with Crippen molar-refractivity contribution in [3.63, 3.8) is 0 Å². The molecule has 0 amide bonds. The van der Waals surface area contributed by atoms with Crippen molar-refractivity contribution in [1.29, 1.82) is 5.26 Å². The normalized spacial score (nSPS) is 17.0. The second-order valence-corrected chi connectivity index (χ2v) is 6.18. The van der Waals surface area contributed by atoms with Crippen molar-refractivity contribution in [3.8, 4) is 6.07 Å². The van der Waals surface area contributed by atoms with Crippen LogP contribution in [0, 0.1) is 17.2 Å². The van der Waals surface area contributed by atoms with E-state index in [1.54, 1.807) is 12.3 Å². The average molecular weight is 332 g/mol. The lowest BCUT2D eigenvalue weighted by Gasteiger charge is -2.34. The van der Waals surface area contributed by atoms with E-state index in [0.717, 1.165) is 31.7 Å². The predicted molar refractivity (Wildman–Crippen MR) is 87.1 cm³/mol. The Labute approximate surface area is 140 Å². The summed E-state index contributed by atoms with van der Waals surface area (Å²) >= 11 is 5.93. The van der Waals surface area contributed by atoms with Gasteiger partial charge < -0.3 is 14.6 Å². The largest absolute Gasteiger partial charge is 0.385 e. The molecule has 7 heteroatoms. The molecule has 0 aliphatic carbocycles. The molecule has 6 nitrogen and oxygen atoms in total. The Morgan fingerprint density at radius 2 is 2.13 bits per heavy atom. The number of imidazole rings is 1. The number of hydrogen-bond acceptors (Lipinski definition) is 5. The topological polar surface area (TPSA) is 78.0 Å². The summed E-state index contributed by atoms with van der Waals surface area (Å²) in [7, 11) is 1.89. The van der Waals surface area contributed by atoms with Crippen LogP contribution < -0.4 is 4.90 Å². The third-order valence-corrected chi connectivity index (χ3v) is 4.68. The zero-order valence-electron chi connectivity index (χ0n) is 12.9. The first-order valence-electron chi connectivity index (χ1n) is 7.57. The number of aliphatic hydroxyl groups is 1. The van der Waals surface area contributed by atoms with Crippen molar-refractivity contribution < 1.29 is 5.11 Å². The summed E-state index contributed by atoms with van der Waals surface area (Å²) in [5.74, 6) is 1.64. The molecule has 0 bridgehead atoms. The van der Waals surface area contributed by atoms with Gasteiger partial charge >= 0.3 is 0 Å². The van der Waals surface area contributed by atoms with Gasteiger partial charge in [-0.25, -0.2) is 9.97 Å². The third kappa shape index (κ3) is 3.16. The summed E-state index contributed by atoms with van der Waals surface area (Å²) in [4.78, 5) is 10.7. The quantitative estimate of drug-likeness (QED) is 0.933. The van der Waals surface area contributed by atoms with Crippen molar-refractivity contribution in [2.75, 3.05) is 18.0 Å². The lowest BCUT2D eigenvalue weighted by Crippen LogP contribution is -2.36. The number of pyridine rings is 1. The van der Waals surface area contributed by atoms with Gasteiger partial charge in [-0.15, -0.1) is 0 Å². The minimum Gasteiger partial charge on any atom is -0.385 e. The van der Waals surface area contributed by atoms with Gasteiger partial charge in [-0.3, -0.25) is 0 Å². The molecule has 0 saturated carbocycles. The van der Waals surface area contributed by atoms with Crippen LogP contribution in [0.4, 0.5) is 5.82 Å². The molecule has 1 fully saturated rings. The maximum Gasteiger partial charge on any atom is 0.161 e. The summed E-state index contributed by atoms with van der Waals surface area (Å²) in [6.45, 7) is 1.57. The highest BCUT2D eigenvalue weighted by atomic mass is 35.5. The summed E-state index contributed by atoms with van der Waals surface area (Å²) in [6.07, 6.45) is 4.69. The molecule has 1 N–H and O–H groups in total. The van der Waals surface area contributed by atoms with E-state index in [4.69, 9.17) is 16.9 Å². The number of aromatic nitrogens is 3. The minimum absolute atomic E-state index is 0.176. The fourth-order valence-electron chi connectivity index (χ4n) is 3.00. The van der Waals surface area contributed by atoms with Crippen LogP contribution in [0.3, 0.4) is 0 Å². The van der Waals surface area contributed by atoms with E-state index in [0.29, 0.717) is 10.8 Å². The fraction of sp³-hybridized carbons (Fsp3) is 0.438. The molecule has 23 heavy (non-hydrogen) atoms. The van der Waals surface area contributed by atoms with Crippen LogP contribution in [-0.2, 0) is 7.05 Å². The number of hydrogen-bond donors (Lipinski definition) is 1. The highest BCUT2D eigenvalue weighted by Crippen LogP contribution is 2.31. The molecule has 120 valence electrons. The highest BCUT2D eigenvalue weighted by Gasteiger charge is 2.29. The number of nitriles is 1. The monoisotopic (exact) mass is 331 g/mol. The Kier molecular flexibility index (Phi) is 4.51. The number of aliphatic hydroxyl groups excluding tert-OH is 1. The fourth-order valence-corrected chi connectivity index (χ4v) is 3.15. The molecule has 1 saturated heterocycles. The molecule has 1 aliphatic heterocycles. The molecular formula is C16H18ClN5O. The number of rotatable bonds is 3. The van der Waals surface area contributed by atoms with E-state index in [-0.39, 0.29) is 11.6 Å². The van der Waals surface area contributed by atoms with E-state index in [9.17, 15) is 5.11 Å². The SMILES string of the molecule is Cn1ccnc1C(O)C1CCN(c2ccc(Cl)c(C#N)n2)CC1. The standard InChI is InChI=1S/C16H18ClN5O/c1-21-9-6-19-16(21)15(23)11-4-7-22(8-5-11)14-3-2-12(17)13(10-18)20-14/h2-3,6,9,11,15,23H,4-5,7-8H2,1H3. The zero-order valence-corrected chi connectivity index (χ0v) is 13.6. The van der Waals surface area contributed by atoms with Gasteiger partial charge in [0.2, 0.25) is 0 Å². The van der Waals surface area contributed by atoms with Gasteiger partial charge in [0.05, 0.1) is 5.02 Å². The molecule has 2 aromatic heterocycles. The average Bonchev–Trinajstić information content (AvgIpc) is 3.01. The second-order valence-electron chi connectivity index (χ2n) is 5.78. The summed E-state index contributed by atoms with van der Waals surface area (Å²) < 4.78 is 1.86. The summed E-state index contributed by atoms with van der Waals surface area (Å²) in [5, 5.41) is 19.9. The Bertz CT molecular complexity index is 730. The zero-order chi connectivity index (χ0) is 16.4. The van der Waals surface area contributed by atoms with Crippen LogP contribution in [0.5, 0.6) is 0 Å². The second kappa shape index (κ2) is 6.57. The first kappa shape index (κ1) is 15.8. The van der Waals surface area contributed by atoms with Gasteiger partial charge in [-0.05, 0) is 30.9 Å². The summed E-state index contributed by atoms with van der Waals surface area (Å²) in [5.41, 5.74) is 0.249. The van der Waals surface area contributed by atoms with E-state index in [2.05, 4.69) is 14.9 Å². The Morgan fingerprint density at radius 3 is 2.74 bits per heavy atom. The number of anilines is 1. The number of halogens is 1. The van der Waals surface area contributed by atoms with Crippen molar-refractivity contribution in [1.82, 2.24) is 14.5 Å². The van der Waals surface area contributed by atoms with Crippen LogP contribution >= 0.6 is 11.6 Å². The highest BCUT2D eigenvalue weighted by molar-refractivity contribution is 6.31. The van der Waals surface area contributed by atoms with Crippen molar-refractivity contribution in [2.45, 2.75) is 18.9 Å². The van der Waals surface area contributed by atoms with E-state index in [1.807, 2.05) is 29.9 Å². The lowest BCUT2D eigenvalue weighted by molar-refractivity contribution is 0.0824. The lowest BCUT2D eigenvalue weighted by atomic mass is 9.90. The number of nitrogens with zero attached hydrogens (tertiary/aromatic N) is 5. The molecular weight excluding hydrogens is 314 g/mol. The molecule has 3 rings (SSSR count). The minimum atomic E-state index is -0.551. The van der Waals surface area contributed by atoms with Crippen LogP contribution in [0.2, 0.25) is 5.02 Å². The third-order valence-electron chi connectivity index (χ3n) is 4.37. The van der Waals surface area contributed by atoms with Crippen molar-refractivity contribution >= 4 is 17.4 Å². The predicted octanol–water partition coefficient (Wildman–Crippen LogP) is 2.29. The van der Waals surface area contributed by atoms with E-state index >= 15 is 0 Å². The van der Waals surface area contributed by atoms with Gasteiger partial charge in [0.15, 0.2) is 5.69 Å². The Balaban J connectivity index is 1.67. The first-order chi connectivity index (χ1) is 11.1. The van der Waals surface area contributed by atoms with Crippen LogP contribution in [0.15, 0.2) is 24.5 Å². The molecule has 0 aromatic carbocycles. The van der Waals surface area contributed by atoms with Gasteiger partial charge in [0.1, 0.15) is 23.8 Å². The molecule has 1 atom stereocenters. The van der Waals surface area contributed by atoms with E-state index < -0.39 is 6.10 Å². The first-order valence-corrected chi connectivity index (χ1v) is 7.95. The molecule has 1 aliphatic rings. The van der Waals surface area contributed by atoms with Crippen LogP contribution in [0.1, 0.15) is 30.5 Å². The van der Waals surface area contributed by atoms with Gasteiger partial charge in [0.25, 0.3) is 0 Å². The molecule has 3 heterocycles. The maximum absolute atomic E-state index is 10.5. The Morgan fingerprint density at radius 1 is 1.39 bits per heavy atom. The molecule has 0 radical (unpaired) electrons. The molecule has 1 unspecified atom stereocenters. The van der Waals surface area contributed by atoms with E-state index in [1.165, 1.54) is 0 Å². The number of aryl methyl sites for hydroxylation is 1. The van der Waals surface area contributed by atoms with Gasteiger partial charge in [-0.1, -0.05) is 11.6 Å². The van der Waals surface area contributed by atoms with Crippen molar-refractivity contribution in [3.05, 3.63) is 41.1 Å². The van der Waals surface area contributed by atoms with Crippen LogP contribution in [0.25, 0.3) is 0 Å². The van der Waals surface area contributed by atoms with Crippen LogP contribution in [-0.4, -0.2) is 32.7 Å². The molecule has 0 spiro atoms. The maximum atomic E-state index is 10.5. The Hall–Kier alpha value is -2.10. The van der Waals surface area contributed by atoms with Gasteiger partial charge in [-0.2, -0.15) is 5.26 Å². The number of piperidine rings is 1. The molecule has 2 aromatic rings. The van der Waals surface area contributed by atoms with Gasteiger partial charge in [0, 0.05) is 32.5 Å². The summed E-state index contributed by atoms with van der Waals surface area (Å²) in [6, 6.07) is 5.54.